The first kappa shape index (κ1) is 27.0. The molecule has 1 aliphatic heterocycles. The molecule has 37 heavy (non-hydrogen) atoms. The van der Waals surface area contributed by atoms with E-state index in [2.05, 4.69) is 17.4 Å². The summed E-state index contributed by atoms with van der Waals surface area (Å²) in [7, 11) is 1.69. The Hall–Kier alpha value is -3.06. The van der Waals surface area contributed by atoms with Gasteiger partial charge in [-0.25, -0.2) is 9.59 Å². The van der Waals surface area contributed by atoms with E-state index in [0.717, 1.165) is 36.1 Å². The largest absolute Gasteiger partial charge is 0.496 e. The number of carboxylic acids is 1. The van der Waals surface area contributed by atoms with Crippen LogP contribution in [0.3, 0.4) is 0 Å². The number of aryl methyl sites for hydroxylation is 2. The molecule has 4 atom stereocenters. The maximum absolute atomic E-state index is 13.5. The van der Waals surface area contributed by atoms with Crippen molar-refractivity contribution in [2.45, 2.75) is 84.7 Å². The Morgan fingerprint density at radius 3 is 2.32 bits per heavy atom. The molecule has 2 aliphatic rings. The van der Waals surface area contributed by atoms with Crippen molar-refractivity contribution in [3.8, 4) is 5.75 Å². The van der Waals surface area contributed by atoms with E-state index in [1.54, 1.807) is 21.0 Å². The summed E-state index contributed by atoms with van der Waals surface area (Å²) < 4.78 is 11.3. The second-order valence-electron chi connectivity index (χ2n) is 11.6. The summed E-state index contributed by atoms with van der Waals surface area (Å²) in [6, 6.07) is 12.1. The molecule has 0 aromatic heterocycles. The Morgan fingerprint density at radius 1 is 1.11 bits per heavy atom. The smallest absolute Gasteiger partial charge is 0.411 e. The molecule has 7 heteroatoms. The fourth-order valence-electron chi connectivity index (χ4n) is 6.15. The van der Waals surface area contributed by atoms with E-state index in [1.165, 1.54) is 16.0 Å². The van der Waals surface area contributed by atoms with Gasteiger partial charge in [0.25, 0.3) is 0 Å². The third-order valence-electron chi connectivity index (χ3n) is 7.63. The Balaban J connectivity index is 1.79. The highest BCUT2D eigenvalue weighted by Gasteiger charge is 2.58. The predicted molar refractivity (Wildman–Crippen MR) is 143 cm³/mol. The number of nitrogens with zero attached hydrogens (tertiary/aromatic N) is 1. The molecule has 1 amide bonds. The standard InChI is InChI=1S/C30H40N2O5/c1-18(2)37-29(35)32-26(19-11-8-7-9-12-19)25(24(30(3,4)5)27(32)28(33)34)31-17-22-15-20-13-10-14-21(20)16-23(22)36-6/h7-9,11-12,15-16,18,24-27,31H,10,13-14,17H2,1-6H3,(H,33,34)/t24-,25+,26-,27-/m0/s1. The first-order valence-corrected chi connectivity index (χ1v) is 13.2. The van der Waals surface area contributed by atoms with Gasteiger partial charge >= 0.3 is 12.1 Å². The molecule has 0 unspecified atom stereocenters. The van der Waals surface area contributed by atoms with Crippen molar-refractivity contribution >= 4 is 12.1 Å². The van der Waals surface area contributed by atoms with Gasteiger partial charge in [-0.2, -0.15) is 0 Å². The Morgan fingerprint density at radius 2 is 1.76 bits per heavy atom. The monoisotopic (exact) mass is 508 g/mol. The first-order valence-electron chi connectivity index (χ1n) is 13.2. The number of likely N-dealkylation sites (tertiary alicyclic amines) is 1. The average molecular weight is 509 g/mol. The molecule has 1 saturated heterocycles. The predicted octanol–water partition coefficient (Wildman–Crippen LogP) is 5.36. The zero-order valence-corrected chi connectivity index (χ0v) is 22.8. The number of hydrogen-bond acceptors (Lipinski definition) is 5. The van der Waals surface area contributed by atoms with Crippen LogP contribution in [0.5, 0.6) is 5.75 Å². The molecular weight excluding hydrogens is 468 g/mol. The van der Waals surface area contributed by atoms with Gasteiger partial charge in [0.2, 0.25) is 0 Å². The molecule has 1 aliphatic carbocycles. The van der Waals surface area contributed by atoms with Gasteiger partial charge in [0.1, 0.15) is 11.8 Å². The number of rotatable bonds is 7. The number of nitrogens with one attached hydrogen (secondary N) is 1. The normalized spacial score (nSPS) is 23.3. The van der Waals surface area contributed by atoms with E-state index in [0.29, 0.717) is 6.54 Å². The average Bonchev–Trinajstić information content (AvgIpc) is 3.44. The van der Waals surface area contributed by atoms with Crippen LogP contribution in [0.15, 0.2) is 42.5 Å². The van der Waals surface area contributed by atoms with Gasteiger partial charge in [0.15, 0.2) is 0 Å². The molecule has 0 saturated carbocycles. The van der Waals surface area contributed by atoms with Gasteiger partial charge in [-0.3, -0.25) is 4.90 Å². The van der Waals surface area contributed by atoms with Crippen molar-refractivity contribution in [2.24, 2.45) is 11.3 Å². The van der Waals surface area contributed by atoms with Crippen LogP contribution in [0.25, 0.3) is 0 Å². The van der Waals surface area contributed by atoms with E-state index >= 15 is 0 Å². The van der Waals surface area contributed by atoms with Crippen LogP contribution in [0.1, 0.15) is 69.3 Å². The lowest BCUT2D eigenvalue weighted by Crippen LogP contribution is -2.48. The molecule has 7 nitrogen and oxygen atoms in total. The summed E-state index contributed by atoms with van der Waals surface area (Å²) >= 11 is 0. The van der Waals surface area contributed by atoms with Crippen molar-refractivity contribution in [3.63, 3.8) is 0 Å². The SMILES string of the molecule is COc1cc2c(cc1CN[C@@H]1[C@H](C(C)(C)C)[C@@H](C(=O)O)N(C(=O)OC(C)C)[C@H]1c1ccccc1)CCC2. The Bertz CT molecular complexity index is 1120. The lowest BCUT2D eigenvalue weighted by atomic mass is 9.72. The number of carbonyl (C=O) groups is 2. The fraction of sp³-hybridized carbons (Fsp3) is 0.533. The number of ether oxygens (including phenoxy) is 2. The van der Waals surface area contributed by atoms with Crippen LogP contribution < -0.4 is 10.1 Å². The number of carbonyl (C=O) groups excluding carboxylic acids is 1. The van der Waals surface area contributed by atoms with Gasteiger partial charge in [-0.1, -0.05) is 57.2 Å². The van der Waals surface area contributed by atoms with E-state index < -0.39 is 29.6 Å². The molecule has 1 fully saturated rings. The van der Waals surface area contributed by atoms with Crippen molar-refractivity contribution in [3.05, 3.63) is 64.7 Å². The molecule has 4 rings (SSSR count). The molecule has 0 radical (unpaired) electrons. The molecule has 2 N–H and O–H groups in total. The molecule has 1 heterocycles. The number of fused-ring (bicyclic) bond motifs is 1. The Labute approximate surface area is 220 Å². The van der Waals surface area contributed by atoms with E-state index in [1.807, 2.05) is 51.1 Å². The van der Waals surface area contributed by atoms with Gasteiger partial charge in [-0.05, 0) is 61.3 Å². The molecule has 2 aromatic carbocycles. The number of benzene rings is 2. The highest BCUT2D eigenvalue weighted by Crippen LogP contribution is 2.48. The highest BCUT2D eigenvalue weighted by molar-refractivity contribution is 5.82. The Kier molecular flexibility index (Phi) is 7.83. The second kappa shape index (κ2) is 10.7. The van der Waals surface area contributed by atoms with Gasteiger partial charge in [0, 0.05) is 24.1 Å². The number of methoxy groups -OCH3 is 1. The zero-order chi connectivity index (χ0) is 26.9. The minimum absolute atomic E-state index is 0.332. The minimum Gasteiger partial charge on any atom is -0.496 e. The third-order valence-corrected chi connectivity index (χ3v) is 7.63. The van der Waals surface area contributed by atoms with Crippen LogP contribution in [0.4, 0.5) is 4.79 Å². The third kappa shape index (κ3) is 5.47. The summed E-state index contributed by atoms with van der Waals surface area (Å²) in [5.41, 5.74) is 4.19. The van der Waals surface area contributed by atoms with Crippen LogP contribution >= 0.6 is 0 Å². The lowest BCUT2D eigenvalue weighted by Gasteiger charge is -2.35. The fourth-order valence-corrected chi connectivity index (χ4v) is 6.15. The number of hydrogen-bond donors (Lipinski definition) is 2. The van der Waals surface area contributed by atoms with E-state index in [9.17, 15) is 14.7 Å². The summed E-state index contributed by atoms with van der Waals surface area (Å²) in [5.74, 6) is -0.572. The van der Waals surface area contributed by atoms with Crippen LogP contribution in [0, 0.1) is 11.3 Å². The summed E-state index contributed by atoms with van der Waals surface area (Å²) in [4.78, 5) is 27.7. The molecule has 200 valence electrons. The van der Waals surface area contributed by atoms with Crippen molar-refractivity contribution in [2.75, 3.05) is 7.11 Å². The van der Waals surface area contributed by atoms with Gasteiger partial charge in [-0.15, -0.1) is 0 Å². The summed E-state index contributed by atoms with van der Waals surface area (Å²) in [6.45, 7) is 10.2. The zero-order valence-electron chi connectivity index (χ0n) is 22.8. The minimum atomic E-state index is -1.05. The van der Waals surface area contributed by atoms with Crippen molar-refractivity contribution < 1.29 is 24.2 Å². The molecule has 2 aromatic rings. The maximum Gasteiger partial charge on any atom is 0.411 e. The van der Waals surface area contributed by atoms with Gasteiger partial charge < -0.3 is 19.9 Å². The van der Waals surface area contributed by atoms with Crippen molar-refractivity contribution in [1.82, 2.24) is 10.2 Å². The summed E-state index contributed by atoms with van der Waals surface area (Å²) in [5, 5.41) is 14.2. The summed E-state index contributed by atoms with van der Waals surface area (Å²) in [6.07, 6.45) is 2.30. The van der Waals surface area contributed by atoms with E-state index in [-0.39, 0.29) is 18.1 Å². The van der Waals surface area contributed by atoms with Crippen LogP contribution in [-0.2, 0) is 28.9 Å². The van der Waals surface area contributed by atoms with Crippen molar-refractivity contribution in [1.29, 1.82) is 0 Å². The molecule has 0 spiro atoms. The van der Waals surface area contributed by atoms with Gasteiger partial charge in [0.05, 0.1) is 19.3 Å². The first-order chi connectivity index (χ1) is 17.5. The van der Waals surface area contributed by atoms with E-state index in [4.69, 9.17) is 9.47 Å². The number of aliphatic carboxylic acids is 1. The lowest BCUT2D eigenvalue weighted by molar-refractivity contribution is -0.144. The second-order valence-corrected chi connectivity index (χ2v) is 11.6. The molecular formula is C30H40N2O5. The molecule has 0 bridgehead atoms. The maximum atomic E-state index is 13.5. The van der Waals surface area contributed by atoms with Crippen LogP contribution in [0.2, 0.25) is 0 Å². The number of carboxylic acid groups (broad SMARTS) is 1. The van der Waals surface area contributed by atoms with Crippen LogP contribution in [-0.4, -0.2) is 47.4 Å². The number of amides is 1. The highest BCUT2D eigenvalue weighted by atomic mass is 16.6. The quantitative estimate of drug-likeness (QED) is 0.524. The topological polar surface area (TPSA) is 88.1 Å².